The van der Waals surface area contributed by atoms with Crippen LogP contribution in [0.1, 0.15) is 6.92 Å². The lowest BCUT2D eigenvalue weighted by molar-refractivity contribution is 0.284. The summed E-state index contributed by atoms with van der Waals surface area (Å²) in [6, 6.07) is 4.76. The standard InChI is InChI=1S/C11H14BrClN2O2S/c1-8-7-14-4-5-15(8)18(16,17)11-3-2-9(12)6-10(11)13/h2-3,6,8,14H,4-5,7H2,1H3/t8-/m1/s1. The number of nitrogens with zero attached hydrogens (tertiary/aromatic N) is 1. The highest BCUT2D eigenvalue weighted by molar-refractivity contribution is 9.10. The fourth-order valence-corrected chi connectivity index (χ4v) is 4.63. The van der Waals surface area contributed by atoms with E-state index in [1.807, 2.05) is 6.92 Å². The summed E-state index contributed by atoms with van der Waals surface area (Å²) in [5.74, 6) is 0. The molecule has 1 heterocycles. The maximum atomic E-state index is 12.5. The molecule has 4 nitrogen and oxygen atoms in total. The Morgan fingerprint density at radius 2 is 2.22 bits per heavy atom. The van der Waals surface area contributed by atoms with E-state index in [-0.39, 0.29) is 16.0 Å². The Morgan fingerprint density at radius 1 is 1.50 bits per heavy atom. The van der Waals surface area contributed by atoms with Gasteiger partial charge in [0.05, 0.1) is 5.02 Å². The molecule has 100 valence electrons. The second kappa shape index (κ2) is 5.46. The molecule has 1 atom stereocenters. The van der Waals surface area contributed by atoms with Gasteiger partial charge in [0, 0.05) is 30.1 Å². The van der Waals surface area contributed by atoms with E-state index < -0.39 is 10.0 Å². The topological polar surface area (TPSA) is 49.4 Å². The van der Waals surface area contributed by atoms with E-state index in [1.165, 1.54) is 10.4 Å². The highest BCUT2D eigenvalue weighted by Gasteiger charge is 2.32. The maximum Gasteiger partial charge on any atom is 0.244 e. The van der Waals surface area contributed by atoms with Crippen LogP contribution in [-0.4, -0.2) is 38.4 Å². The Bertz CT molecular complexity index is 550. The van der Waals surface area contributed by atoms with Crippen LogP contribution in [0.15, 0.2) is 27.6 Å². The second-order valence-corrected chi connectivity index (χ2v) is 7.43. The molecule has 0 saturated carbocycles. The Balaban J connectivity index is 2.41. The number of sulfonamides is 1. The number of nitrogens with one attached hydrogen (secondary N) is 1. The van der Waals surface area contributed by atoms with Gasteiger partial charge in [-0.1, -0.05) is 27.5 Å². The van der Waals surface area contributed by atoms with Gasteiger partial charge in [-0.15, -0.1) is 0 Å². The summed E-state index contributed by atoms with van der Waals surface area (Å²) in [5, 5.41) is 3.41. The third-order valence-corrected chi connectivity index (χ3v) is 5.91. The first kappa shape index (κ1) is 14.3. The van der Waals surface area contributed by atoms with E-state index in [4.69, 9.17) is 11.6 Å². The molecule has 0 spiro atoms. The smallest absolute Gasteiger partial charge is 0.244 e. The average molecular weight is 354 g/mol. The molecule has 1 N–H and O–H groups in total. The molecular formula is C11H14BrClN2O2S. The van der Waals surface area contributed by atoms with Crippen molar-refractivity contribution in [3.8, 4) is 0 Å². The fraction of sp³-hybridized carbons (Fsp3) is 0.455. The molecule has 1 aliphatic rings. The van der Waals surface area contributed by atoms with E-state index in [0.717, 1.165) is 4.47 Å². The van der Waals surface area contributed by atoms with Crippen molar-refractivity contribution < 1.29 is 8.42 Å². The van der Waals surface area contributed by atoms with Crippen LogP contribution in [0.2, 0.25) is 5.02 Å². The van der Waals surface area contributed by atoms with Gasteiger partial charge in [-0.3, -0.25) is 0 Å². The minimum Gasteiger partial charge on any atom is -0.314 e. The Kier molecular flexibility index (Phi) is 4.33. The quantitative estimate of drug-likeness (QED) is 0.885. The minimum atomic E-state index is -3.52. The molecule has 1 aliphatic heterocycles. The number of rotatable bonds is 2. The van der Waals surface area contributed by atoms with Crippen molar-refractivity contribution in [2.45, 2.75) is 17.9 Å². The van der Waals surface area contributed by atoms with E-state index in [0.29, 0.717) is 19.6 Å². The third kappa shape index (κ3) is 2.72. The Morgan fingerprint density at radius 3 is 2.83 bits per heavy atom. The summed E-state index contributed by atoms with van der Waals surface area (Å²) in [4.78, 5) is 0.168. The molecule has 0 aliphatic carbocycles. The summed E-state index contributed by atoms with van der Waals surface area (Å²) in [7, 11) is -3.52. The zero-order valence-corrected chi connectivity index (χ0v) is 13.0. The van der Waals surface area contributed by atoms with Gasteiger partial charge in [0.25, 0.3) is 0 Å². The van der Waals surface area contributed by atoms with Crippen molar-refractivity contribution >= 4 is 37.6 Å². The normalized spacial score (nSPS) is 22.1. The van der Waals surface area contributed by atoms with Crippen molar-refractivity contribution in [1.82, 2.24) is 9.62 Å². The molecule has 7 heteroatoms. The van der Waals surface area contributed by atoms with Gasteiger partial charge in [0.1, 0.15) is 4.90 Å². The number of halogens is 2. The monoisotopic (exact) mass is 352 g/mol. The lowest BCUT2D eigenvalue weighted by Crippen LogP contribution is -2.52. The van der Waals surface area contributed by atoms with Crippen molar-refractivity contribution in [1.29, 1.82) is 0 Å². The molecule has 18 heavy (non-hydrogen) atoms. The second-order valence-electron chi connectivity index (χ2n) is 4.24. The summed E-state index contributed by atoms with van der Waals surface area (Å²) in [6.07, 6.45) is 0. The number of piperazine rings is 1. The molecule has 0 aromatic heterocycles. The Labute approximate surface area is 120 Å². The highest BCUT2D eigenvalue weighted by atomic mass is 79.9. The molecule has 0 unspecified atom stereocenters. The fourth-order valence-electron chi connectivity index (χ4n) is 1.99. The lowest BCUT2D eigenvalue weighted by atomic mass is 10.3. The number of hydrogen-bond acceptors (Lipinski definition) is 3. The van der Waals surface area contributed by atoms with Gasteiger partial charge in [-0.05, 0) is 25.1 Å². The largest absolute Gasteiger partial charge is 0.314 e. The molecule has 0 amide bonds. The van der Waals surface area contributed by atoms with Gasteiger partial charge in [-0.25, -0.2) is 8.42 Å². The summed E-state index contributed by atoms with van der Waals surface area (Å²) in [6.45, 7) is 3.68. The predicted molar refractivity (Wildman–Crippen MR) is 75.4 cm³/mol. The average Bonchev–Trinajstić information content (AvgIpc) is 2.28. The van der Waals surface area contributed by atoms with Crippen LogP contribution in [0.25, 0.3) is 0 Å². The number of hydrogen-bond donors (Lipinski definition) is 1. The summed E-state index contributed by atoms with van der Waals surface area (Å²) >= 11 is 9.30. The SMILES string of the molecule is C[C@@H]1CNCCN1S(=O)(=O)c1ccc(Br)cc1Cl. The van der Waals surface area contributed by atoms with E-state index in [2.05, 4.69) is 21.2 Å². The molecule has 1 aromatic carbocycles. The van der Waals surface area contributed by atoms with Gasteiger partial charge < -0.3 is 5.32 Å². The highest BCUT2D eigenvalue weighted by Crippen LogP contribution is 2.28. The van der Waals surface area contributed by atoms with E-state index in [1.54, 1.807) is 12.1 Å². The Hall–Kier alpha value is -0.140. The van der Waals surface area contributed by atoms with Crippen molar-refractivity contribution in [2.75, 3.05) is 19.6 Å². The minimum absolute atomic E-state index is 0.0662. The molecular weight excluding hydrogens is 340 g/mol. The molecule has 1 aromatic rings. The zero-order valence-electron chi connectivity index (χ0n) is 9.86. The molecule has 2 rings (SSSR count). The third-order valence-electron chi connectivity index (χ3n) is 2.92. The van der Waals surface area contributed by atoms with Gasteiger partial charge >= 0.3 is 0 Å². The van der Waals surface area contributed by atoms with Crippen LogP contribution >= 0.6 is 27.5 Å². The van der Waals surface area contributed by atoms with E-state index in [9.17, 15) is 8.42 Å². The van der Waals surface area contributed by atoms with Crippen LogP contribution in [0.4, 0.5) is 0 Å². The summed E-state index contributed by atoms with van der Waals surface area (Å²) < 4.78 is 27.3. The van der Waals surface area contributed by atoms with Crippen molar-refractivity contribution in [2.24, 2.45) is 0 Å². The predicted octanol–water partition coefficient (Wildman–Crippen LogP) is 2.08. The summed E-state index contributed by atoms with van der Waals surface area (Å²) in [5.41, 5.74) is 0. The van der Waals surface area contributed by atoms with Gasteiger partial charge in [0.2, 0.25) is 10.0 Å². The van der Waals surface area contributed by atoms with E-state index >= 15 is 0 Å². The van der Waals surface area contributed by atoms with Crippen LogP contribution in [0.3, 0.4) is 0 Å². The van der Waals surface area contributed by atoms with Crippen LogP contribution < -0.4 is 5.32 Å². The molecule has 0 radical (unpaired) electrons. The number of benzene rings is 1. The van der Waals surface area contributed by atoms with Gasteiger partial charge in [-0.2, -0.15) is 4.31 Å². The van der Waals surface area contributed by atoms with Crippen molar-refractivity contribution in [3.63, 3.8) is 0 Å². The lowest BCUT2D eigenvalue weighted by Gasteiger charge is -2.33. The first-order valence-electron chi connectivity index (χ1n) is 5.60. The van der Waals surface area contributed by atoms with Crippen LogP contribution in [0, 0.1) is 0 Å². The zero-order chi connectivity index (χ0) is 13.3. The van der Waals surface area contributed by atoms with Crippen LogP contribution in [0.5, 0.6) is 0 Å². The van der Waals surface area contributed by atoms with Gasteiger partial charge in [0.15, 0.2) is 0 Å². The molecule has 0 bridgehead atoms. The molecule has 1 saturated heterocycles. The van der Waals surface area contributed by atoms with Crippen LogP contribution in [-0.2, 0) is 10.0 Å². The van der Waals surface area contributed by atoms with Crippen molar-refractivity contribution in [3.05, 3.63) is 27.7 Å². The first-order valence-corrected chi connectivity index (χ1v) is 8.21. The molecule has 1 fully saturated rings. The first-order chi connectivity index (χ1) is 8.43. The maximum absolute atomic E-state index is 12.5.